The van der Waals surface area contributed by atoms with Crippen LogP contribution in [0.15, 0.2) is 18.2 Å². The fourth-order valence-electron chi connectivity index (χ4n) is 1.49. The smallest absolute Gasteiger partial charge is 0.124 e. The van der Waals surface area contributed by atoms with Crippen molar-refractivity contribution in [3.8, 4) is 6.07 Å². The lowest BCUT2D eigenvalue weighted by molar-refractivity contribution is 0.447. The van der Waals surface area contributed by atoms with Crippen LogP contribution in [0.5, 0.6) is 0 Å². The molecule has 1 aromatic carbocycles. The molecule has 0 aliphatic carbocycles. The van der Waals surface area contributed by atoms with E-state index >= 15 is 0 Å². The lowest BCUT2D eigenvalue weighted by atomic mass is 9.90. The zero-order valence-corrected chi connectivity index (χ0v) is 7.05. The van der Waals surface area contributed by atoms with Gasteiger partial charge in [-0.05, 0) is 17.7 Å². The fourth-order valence-corrected chi connectivity index (χ4v) is 1.49. The van der Waals surface area contributed by atoms with Gasteiger partial charge in [0.25, 0.3) is 0 Å². The number of rotatable bonds is 1. The van der Waals surface area contributed by atoms with Gasteiger partial charge in [0, 0.05) is 19.0 Å². The molecule has 1 fully saturated rings. The molecule has 0 spiro atoms. The number of nitrogens with one attached hydrogen (secondary N) is 1. The van der Waals surface area contributed by atoms with Crippen molar-refractivity contribution >= 4 is 0 Å². The normalized spacial score (nSPS) is 16.3. The summed E-state index contributed by atoms with van der Waals surface area (Å²) in [6.45, 7) is 1.78. The third kappa shape index (κ3) is 1.41. The predicted molar refractivity (Wildman–Crippen MR) is 46.7 cm³/mol. The highest BCUT2D eigenvalue weighted by molar-refractivity contribution is 5.41. The van der Waals surface area contributed by atoms with Crippen LogP contribution in [-0.4, -0.2) is 13.1 Å². The molecule has 2 nitrogen and oxygen atoms in total. The summed E-state index contributed by atoms with van der Waals surface area (Å²) < 4.78 is 12.8. The molecular weight excluding hydrogens is 167 g/mol. The quantitative estimate of drug-likeness (QED) is 0.701. The Bertz CT molecular complexity index is 364. The van der Waals surface area contributed by atoms with Gasteiger partial charge < -0.3 is 5.32 Å². The maximum absolute atomic E-state index is 12.8. The summed E-state index contributed by atoms with van der Waals surface area (Å²) in [6, 6.07) is 6.44. The molecule has 1 N–H and O–H groups in total. The van der Waals surface area contributed by atoms with Crippen molar-refractivity contribution in [3.05, 3.63) is 35.1 Å². The van der Waals surface area contributed by atoms with Gasteiger partial charge in [-0.3, -0.25) is 0 Å². The van der Waals surface area contributed by atoms with Crippen molar-refractivity contribution in [2.24, 2.45) is 0 Å². The Labute approximate surface area is 76.0 Å². The maximum Gasteiger partial charge on any atom is 0.124 e. The van der Waals surface area contributed by atoms with E-state index in [1.54, 1.807) is 6.07 Å². The number of nitriles is 1. The summed E-state index contributed by atoms with van der Waals surface area (Å²) in [5, 5.41) is 11.9. The summed E-state index contributed by atoms with van der Waals surface area (Å²) in [5.74, 6) is 0.0443. The Morgan fingerprint density at radius 1 is 1.46 bits per heavy atom. The van der Waals surface area contributed by atoms with Gasteiger partial charge in [-0.15, -0.1) is 0 Å². The highest BCUT2D eigenvalue weighted by Gasteiger charge is 2.21. The van der Waals surface area contributed by atoms with Gasteiger partial charge in [0.15, 0.2) is 0 Å². The highest BCUT2D eigenvalue weighted by Crippen LogP contribution is 2.23. The summed E-state index contributed by atoms with van der Waals surface area (Å²) in [5.41, 5.74) is 1.43. The van der Waals surface area contributed by atoms with Crippen LogP contribution in [0.3, 0.4) is 0 Å². The van der Waals surface area contributed by atoms with E-state index in [0.29, 0.717) is 11.5 Å². The molecule has 66 valence electrons. The van der Waals surface area contributed by atoms with Gasteiger partial charge in [-0.25, -0.2) is 4.39 Å². The Balaban J connectivity index is 2.39. The Hall–Kier alpha value is -1.40. The molecule has 0 amide bonds. The lowest BCUT2D eigenvalue weighted by Gasteiger charge is -2.28. The van der Waals surface area contributed by atoms with Gasteiger partial charge in [-0.2, -0.15) is 5.26 Å². The van der Waals surface area contributed by atoms with Gasteiger partial charge in [-0.1, -0.05) is 6.07 Å². The summed E-state index contributed by atoms with van der Waals surface area (Å²) in [4.78, 5) is 0. The molecule has 2 rings (SSSR count). The molecule has 0 aromatic heterocycles. The number of hydrogen-bond acceptors (Lipinski definition) is 2. The third-order valence-electron chi connectivity index (χ3n) is 2.36. The highest BCUT2D eigenvalue weighted by atomic mass is 19.1. The minimum absolute atomic E-state index is 0.340. The number of hydrogen-bond donors (Lipinski definition) is 1. The molecule has 13 heavy (non-hydrogen) atoms. The maximum atomic E-state index is 12.8. The van der Waals surface area contributed by atoms with Crippen LogP contribution in [0.4, 0.5) is 4.39 Å². The van der Waals surface area contributed by atoms with E-state index in [4.69, 9.17) is 5.26 Å². The third-order valence-corrected chi connectivity index (χ3v) is 2.36. The largest absolute Gasteiger partial charge is 0.315 e. The molecule has 0 atom stereocenters. The second kappa shape index (κ2) is 3.15. The second-order valence-corrected chi connectivity index (χ2v) is 3.20. The molecular formula is C10H9FN2. The first-order valence-corrected chi connectivity index (χ1v) is 4.21. The topological polar surface area (TPSA) is 35.8 Å². The molecule has 0 saturated carbocycles. The molecule has 3 heteroatoms. The van der Waals surface area contributed by atoms with Gasteiger partial charge in [0.1, 0.15) is 5.82 Å². The molecule has 1 saturated heterocycles. The van der Waals surface area contributed by atoms with Gasteiger partial charge in [0.05, 0.1) is 11.6 Å². The van der Waals surface area contributed by atoms with Crippen LogP contribution in [-0.2, 0) is 0 Å². The van der Waals surface area contributed by atoms with Crippen molar-refractivity contribution in [2.45, 2.75) is 5.92 Å². The molecule has 1 aliphatic rings. The fraction of sp³-hybridized carbons (Fsp3) is 0.300. The van der Waals surface area contributed by atoms with Crippen LogP contribution in [0.2, 0.25) is 0 Å². The van der Waals surface area contributed by atoms with Crippen molar-refractivity contribution in [3.63, 3.8) is 0 Å². The molecule has 0 bridgehead atoms. The van der Waals surface area contributed by atoms with Crippen LogP contribution >= 0.6 is 0 Å². The number of nitrogens with zero attached hydrogens (tertiary/aromatic N) is 1. The minimum atomic E-state index is -0.340. The minimum Gasteiger partial charge on any atom is -0.315 e. The standard InChI is InChI=1S/C10H9FN2/c11-9-1-2-10(7(3-9)4-12)8-5-13-6-8/h1-3,8,13H,5-6H2. The van der Waals surface area contributed by atoms with E-state index in [0.717, 1.165) is 18.7 Å². The van der Waals surface area contributed by atoms with Crippen molar-refractivity contribution in [2.75, 3.05) is 13.1 Å². The summed E-state index contributed by atoms with van der Waals surface area (Å²) in [7, 11) is 0. The van der Waals surface area contributed by atoms with Crippen molar-refractivity contribution in [1.82, 2.24) is 5.32 Å². The molecule has 1 aliphatic heterocycles. The molecule has 0 unspecified atom stereocenters. The zero-order valence-electron chi connectivity index (χ0n) is 7.05. The zero-order chi connectivity index (χ0) is 9.26. The first-order chi connectivity index (χ1) is 6.31. The number of benzene rings is 1. The monoisotopic (exact) mass is 176 g/mol. The average molecular weight is 176 g/mol. The number of halogens is 1. The van der Waals surface area contributed by atoms with E-state index in [9.17, 15) is 4.39 Å². The molecule has 1 aromatic rings. The van der Waals surface area contributed by atoms with E-state index < -0.39 is 0 Å². The molecule has 1 heterocycles. The van der Waals surface area contributed by atoms with Crippen LogP contribution < -0.4 is 5.32 Å². The van der Waals surface area contributed by atoms with Crippen LogP contribution in [0, 0.1) is 17.1 Å². The van der Waals surface area contributed by atoms with Crippen LogP contribution in [0.1, 0.15) is 17.0 Å². The van der Waals surface area contributed by atoms with Crippen molar-refractivity contribution < 1.29 is 4.39 Å². The summed E-state index contributed by atoms with van der Waals surface area (Å²) >= 11 is 0. The van der Waals surface area contributed by atoms with Gasteiger partial charge in [0.2, 0.25) is 0 Å². The Morgan fingerprint density at radius 2 is 2.23 bits per heavy atom. The van der Waals surface area contributed by atoms with E-state index in [2.05, 4.69) is 5.32 Å². The summed E-state index contributed by atoms with van der Waals surface area (Å²) in [6.07, 6.45) is 0. The van der Waals surface area contributed by atoms with Crippen molar-refractivity contribution in [1.29, 1.82) is 5.26 Å². The lowest BCUT2D eigenvalue weighted by Crippen LogP contribution is -2.40. The first kappa shape index (κ1) is 8.21. The second-order valence-electron chi connectivity index (χ2n) is 3.20. The first-order valence-electron chi connectivity index (χ1n) is 4.21. The SMILES string of the molecule is N#Cc1cc(F)ccc1C1CNC1. The van der Waals surface area contributed by atoms with E-state index in [1.165, 1.54) is 12.1 Å². The average Bonchev–Trinajstić information content (AvgIpc) is 2.05. The Kier molecular flexibility index (Phi) is 1.99. The van der Waals surface area contributed by atoms with Gasteiger partial charge >= 0.3 is 0 Å². The van der Waals surface area contributed by atoms with E-state index in [-0.39, 0.29) is 5.82 Å². The Morgan fingerprint density at radius 3 is 2.77 bits per heavy atom. The van der Waals surface area contributed by atoms with Crippen LogP contribution in [0.25, 0.3) is 0 Å². The predicted octanol–water partition coefficient (Wildman–Crippen LogP) is 1.38. The van der Waals surface area contributed by atoms with E-state index in [1.807, 2.05) is 6.07 Å². The molecule has 0 radical (unpaired) electrons.